The molecular weight excluding hydrogens is 388 g/mol. The zero-order chi connectivity index (χ0) is 23.0. The molecule has 0 bridgehead atoms. The summed E-state index contributed by atoms with van der Waals surface area (Å²) in [4.78, 5) is 0. The van der Waals surface area contributed by atoms with Crippen molar-refractivity contribution >= 4 is 0 Å². The van der Waals surface area contributed by atoms with E-state index >= 15 is 0 Å². The van der Waals surface area contributed by atoms with Gasteiger partial charge < -0.3 is 4.57 Å². The molecule has 0 aliphatic heterocycles. The molecule has 0 radical (unpaired) electrons. The molecule has 1 aliphatic carbocycles. The zero-order valence-corrected chi connectivity index (χ0v) is 20.5. The number of fused-ring (bicyclic) bond motifs is 3. The van der Waals surface area contributed by atoms with Gasteiger partial charge in [-0.25, -0.2) is 0 Å². The molecule has 2 aromatic carbocycles. The molecule has 1 aliphatic rings. The Morgan fingerprint density at radius 3 is 2.19 bits per heavy atom. The first-order chi connectivity index (χ1) is 15.3. The summed E-state index contributed by atoms with van der Waals surface area (Å²) in [6.45, 7) is 13.8. The Morgan fingerprint density at radius 2 is 1.62 bits per heavy atom. The fraction of sp³-hybridized carbons (Fsp3) is 0.433. The van der Waals surface area contributed by atoms with Crippen molar-refractivity contribution < 1.29 is 0 Å². The fourth-order valence-electron chi connectivity index (χ4n) is 5.48. The fourth-order valence-corrected chi connectivity index (χ4v) is 5.48. The first kappa shape index (κ1) is 22.4. The lowest BCUT2D eigenvalue weighted by atomic mass is 9.69. The summed E-state index contributed by atoms with van der Waals surface area (Å²) in [6.07, 6.45) is 6.41. The van der Waals surface area contributed by atoms with E-state index in [1.54, 1.807) is 0 Å². The molecule has 0 amide bonds. The maximum atomic E-state index is 9.73. The Labute approximate surface area is 193 Å². The Morgan fingerprint density at radius 1 is 1.00 bits per heavy atom. The van der Waals surface area contributed by atoms with Crippen LogP contribution in [0.1, 0.15) is 75.8 Å². The topological polar surface area (TPSA) is 28.7 Å². The lowest BCUT2D eigenvalue weighted by molar-refractivity contribution is 0.447. The summed E-state index contributed by atoms with van der Waals surface area (Å²) >= 11 is 0. The van der Waals surface area contributed by atoms with Gasteiger partial charge in [0.05, 0.1) is 23.0 Å². The van der Waals surface area contributed by atoms with Crippen LogP contribution in [0.15, 0.2) is 48.7 Å². The van der Waals surface area contributed by atoms with E-state index in [4.69, 9.17) is 0 Å². The second-order valence-corrected chi connectivity index (χ2v) is 10.6. The van der Waals surface area contributed by atoms with E-state index in [0.717, 1.165) is 31.2 Å². The van der Waals surface area contributed by atoms with Gasteiger partial charge in [-0.3, -0.25) is 0 Å². The van der Waals surface area contributed by atoms with Crippen LogP contribution in [0, 0.1) is 23.2 Å². The molecule has 0 spiro atoms. The summed E-state index contributed by atoms with van der Waals surface area (Å²) in [7, 11) is 0. The second kappa shape index (κ2) is 8.62. The number of aromatic nitrogens is 1. The lowest BCUT2D eigenvalue weighted by Gasteiger charge is -2.36. The molecule has 0 saturated carbocycles. The van der Waals surface area contributed by atoms with E-state index in [1.165, 1.54) is 39.2 Å². The normalized spacial score (nSPS) is 17.3. The number of hydrogen-bond donors (Lipinski definition) is 0. The van der Waals surface area contributed by atoms with Crippen LogP contribution in [-0.4, -0.2) is 4.57 Å². The number of rotatable bonds is 6. The van der Waals surface area contributed by atoms with Gasteiger partial charge in [-0.05, 0) is 83.4 Å². The van der Waals surface area contributed by atoms with Crippen molar-refractivity contribution in [1.82, 2.24) is 4.57 Å². The van der Waals surface area contributed by atoms with Crippen molar-refractivity contribution in [3.05, 3.63) is 76.5 Å². The number of nitriles is 1. The minimum absolute atomic E-state index is 0.169. The Bertz CT molecular complexity index is 1140. The molecule has 32 heavy (non-hydrogen) atoms. The highest BCUT2D eigenvalue weighted by molar-refractivity contribution is 5.75. The maximum Gasteiger partial charge on any atom is 0.0991 e. The number of hydrogen-bond acceptors (Lipinski definition) is 1. The van der Waals surface area contributed by atoms with Gasteiger partial charge in [0, 0.05) is 11.8 Å². The minimum Gasteiger partial charge on any atom is -0.316 e. The van der Waals surface area contributed by atoms with Gasteiger partial charge in [-0.1, -0.05) is 65.8 Å². The van der Waals surface area contributed by atoms with Gasteiger partial charge in [0.2, 0.25) is 0 Å². The quantitative estimate of drug-likeness (QED) is 0.400. The molecule has 2 nitrogen and oxygen atoms in total. The second-order valence-electron chi connectivity index (χ2n) is 10.6. The third-order valence-corrected chi connectivity index (χ3v) is 7.06. The SMILES string of the molecule is CCC1(C)Cc2ccn(-c3c(CC(C)C)cc(C#N)cc3CC(C)C)c2-c2ccccc21. The highest BCUT2D eigenvalue weighted by Crippen LogP contribution is 2.46. The van der Waals surface area contributed by atoms with E-state index in [9.17, 15) is 5.26 Å². The monoisotopic (exact) mass is 424 g/mol. The summed E-state index contributed by atoms with van der Waals surface area (Å²) in [5.41, 5.74) is 10.4. The van der Waals surface area contributed by atoms with Crippen molar-refractivity contribution in [2.24, 2.45) is 11.8 Å². The van der Waals surface area contributed by atoms with Crippen molar-refractivity contribution in [3.8, 4) is 23.0 Å². The van der Waals surface area contributed by atoms with Crippen molar-refractivity contribution in [2.45, 2.75) is 72.6 Å². The first-order valence-electron chi connectivity index (χ1n) is 12.1. The molecular formula is C30H36N2. The van der Waals surface area contributed by atoms with E-state index in [2.05, 4.69) is 101 Å². The van der Waals surface area contributed by atoms with Gasteiger partial charge in [0.15, 0.2) is 0 Å². The Hall–Kier alpha value is -2.79. The van der Waals surface area contributed by atoms with Gasteiger partial charge >= 0.3 is 0 Å². The molecule has 0 N–H and O–H groups in total. The Kier molecular flexibility index (Phi) is 6.04. The zero-order valence-electron chi connectivity index (χ0n) is 20.5. The lowest BCUT2D eigenvalue weighted by Crippen LogP contribution is -2.28. The molecule has 1 atom stereocenters. The van der Waals surface area contributed by atoms with E-state index in [-0.39, 0.29) is 5.41 Å². The first-order valence-corrected chi connectivity index (χ1v) is 12.1. The van der Waals surface area contributed by atoms with Crippen LogP contribution in [0.3, 0.4) is 0 Å². The van der Waals surface area contributed by atoms with Gasteiger partial charge in [0.25, 0.3) is 0 Å². The summed E-state index contributed by atoms with van der Waals surface area (Å²) in [5, 5.41) is 9.73. The third kappa shape index (κ3) is 3.90. The highest BCUT2D eigenvalue weighted by atomic mass is 15.0. The molecule has 4 rings (SSSR count). The average Bonchev–Trinajstić information content (AvgIpc) is 3.16. The van der Waals surface area contributed by atoms with Gasteiger partial charge in [0.1, 0.15) is 0 Å². The van der Waals surface area contributed by atoms with E-state index in [1.807, 2.05) is 0 Å². The van der Waals surface area contributed by atoms with Gasteiger partial charge in [-0.2, -0.15) is 5.26 Å². The van der Waals surface area contributed by atoms with Crippen LogP contribution in [0.2, 0.25) is 0 Å². The predicted molar refractivity (Wildman–Crippen MR) is 134 cm³/mol. The molecule has 1 aromatic heterocycles. The summed E-state index contributed by atoms with van der Waals surface area (Å²) < 4.78 is 2.44. The highest BCUT2D eigenvalue weighted by Gasteiger charge is 2.35. The molecule has 166 valence electrons. The third-order valence-electron chi connectivity index (χ3n) is 7.06. The molecule has 0 fully saturated rings. The minimum atomic E-state index is 0.169. The summed E-state index contributed by atoms with van der Waals surface area (Å²) in [5.74, 6) is 1.05. The van der Waals surface area contributed by atoms with Crippen LogP contribution >= 0.6 is 0 Å². The largest absolute Gasteiger partial charge is 0.316 e. The van der Waals surface area contributed by atoms with Crippen molar-refractivity contribution in [1.29, 1.82) is 5.26 Å². The molecule has 0 saturated heterocycles. The molecule has 2 heteroatoms. The smallest absolute Gasteiger partial charge is 0.0991 e. The van der Waals surface area contributed by atoms with Gasteiger partial charge in [-0.15, -0.1) is 0 Å². The van der Waals surface area contributed by atoms with Crippen LogP contribution in [0.25, 0.3) is 16.9 Å². The number of nitrogens with zero attached hydrogens (tertiary/aromatic N) is 2. The van der Waals surface area contributed by atoms with Crippen molar-refractivity contribution in [2.75, 3.05) is 0 Å². The van der Waals surface area contributed by atoms with Crippen LogP contribution < -0.4 is 0 Å². The average molecular weight is 425 g/mol. The standard InChI is InChI=1S/C30H36N2/c1-7-30(6)18-23-12-13-32(29(23)26-10-8-9-11-27(26)30)28-24(14-20(2)3)16-22(19-31)17-25(28)15-21(4)5/h8-13,16-17,20-21H,7,14-15,18H2,1-6H3. The van der Waals surface area contributed by atoms with Crippen molar-refractivity contribution in [3.63, 3.8) is 0 Å². The maximum absolute atomic E-state index is 9.73. The molecule has 3 aromatic rings. The van der Waals surface area contributed by atoms with Crippen LogP contribution in [-0.2, 0) is 24.7 Å². The molecule has 1 unspecified atom stereocenters. The van der Waals surface area contributed by atoms with E-state index < -0.39 is 0 Å². The Balaban J connectivity index is 2.01. The predicted octanol–water partition coefficient (Wildman–Crippen LogP) is 7.64. The molecule has 1 heterocycles. The van der Waals surface area contributed by atoms with E-state index in [0.29, 0.717) is 11.8 Å². The summed E-state index contributed by atoms with van der Waals surface area (Å²) in [6, 6.07) is 18.0. The van der Waals surface area contributed by atoms with Crippen LogP contribution in [0.5, 0.6) is 0 Å². The number of benzene rings is 2. The van der Waals surface area contributed by atoms with Crippen LogP contribution in [0.4, 0.5) is 0 Å².